The summed E-state index contributed by atoms with van der Waals surface area (Å²) in [4.78, 5) is 4.26. The Bertz CT molecular complexity index is 225. The maximum absolute atomic E-state index is 4.26. The Kier molecular flexibility index (Phi) is 3.52. The van der Waals surface area contributed by atoms with E-state index in [1.165, 1.54) is 0 Å². The van der Waals surface area contributed by atoms with Crippen molar-refractivity contribution in [2.24, 2.45) is 0 Å². The van der Waals surface area contributed by atoms with E-state index in [9.17, 15) is 0 Å². The molecule has 60 valence electrons. The van der Waals surface area contributed by atoms with Crippen LogP contribution in [0.4, 0.5) is 0 Å². The first kappa shape index (κ1) is 8.68. The molecule has 1 heterocycles. The molecule has 0 amide bonds. The number of nitrogens with one attached hydrogen (secondary N) is 1. The van der Waals surface area contributed by atoms with E-state index in [1.54, 1.807) is 0 Å². The first-order valence-corrected chi connectivity index (χ1v) is 4.44. The highest BCUT2D eigenvalue weighted by atomic mass is 79.9. The van der Waals surface area contributed by atoms with Gasteiger partial charge in [0.15, 0.2) is 0 Å². The summed E-state index contributed by atoms with van der Waals surface area (Å²) in [6, 6.07) is 5.92. The number of halogens is 1. The monoisotopic (exact) mass is 214 g/mol. The van der Waals surface area contributed by atoms with Gasteiger partial charge in [0.1, 0.15) is 4.60 Å². The summed E-state index contributed by atoms with van der Waals surface area (Å²) in [6.45, 7) is 3.90. The lowest BCUT2D eigenvalue weighted by molar-refractivity contribution is 0.709. The third-order valence-electron chi connectivity index (χ3n) is 1.33. The quantitative estimate of drug-likeness (QED) is 0.779. The topological polar surface area (TPSA) is 24.9 Å². The van der Waals surface area contributed by atoms with Crippen molar-refractivity contribution in [1.82, 2.24) is 10.3 Å². The molecule has 0 aliphatic heterocycles. The minimum atomic E-state index is 0.843. The van der Waals surface area contributed by atoms with Crippen LogP contribution in [-0.4, -0.2) is 11.5 Å². The van der Waals surface area contributed by atoms with Gasteiger partial charge >= 0.3 is 0 Å². The molecule has 1 aromatic rings. The zero-order valence-electron chi connectivity index (χ0n) is 6.47. The van der Waals surface area contributed by atoms with Crippen molar-refractivity contribution in [3.63, 3.8) is 0 Å². The van der Waals surface area contributed by atoms with Gasteiger partial charge in [-0.2, -0.15) is 0 Å². The molecule has 0 unspecified atom stereocenters. The van der Waals surface area contributed by atoms with Crippen molar-refractivity contribution in [3.05, 3.63) is 28.5 Å². The van der Waals surface area contributed by atoms with Crippen LogP contribution in [0.2, 0.25) is 0 Å². The molecule has 11 heavy (non-hydrogen) atoms. The predicted molar refractivity (Wildman–Crippen MR) is 49.3 cm³/mol. The van der Waals surface area contributed by atoms with Gasteiger partial charge in [-0.15, -0.1) is 0 Å². The summed E-state index contributed by atoms with van der Waals surface area (Å²) in [5.41, 5.74) is 1.07. The lowest BCUT2D eigenvalue weighted by Gasteiger charge is -2.00. The molecule has 1 rings (SSSR count). The van der Waals surface area contributed by atoms with Crippen LogP contribution in [0, 0.1) is 0 Å². The van der Waals surface area contributed by atoms with E-state index in [0.29, 0.717) is 0 Å². The normalized spacial score (nSPS) is 10.0. The maximum atomic E-state index is 4.26. The van der Waals surface area contributed by atoms with Crippen LogP contribution >= 0.6 is 15.9 Å². The van der Waals surface area contributed by atoms with E-state index in [2.05, 4.69) is 33.2 Å². The molecule has 0 saturated heterocycles. The molecule has 0 radical (unpaired) electrons. The minimum Gasteiger partial charge on any atom is -0.311 e. The van der Waals surface area contributed by atoms with Gasteiger partial charge in [-0.25, -0.2) is 4.98 Å². The minimum absolute atomic E-state index is 0.843. The van der Waals surface area contributed by atoms with Crippen LogP contribution in [-0.2, 0) is 6.54 Å². The molecule has 0 aromatic carbocycles. The van der Waals surface area contributed by atoms with Crippen molar-refractivity contribution in [2.75, 3.05) is 6.54 Å². The Morgan fingerprint density at radius 1 is 1.55 bits per heavy atom. The van der Waals surface area contributed by atoms with Gasteiger partial charge in [0, 0.05) is 6.54 Å². The van der Waals surface area contributed by atoms with Gasteiger partial charge < -0.3 is 5.32 Å². The molecule has 0 aliphatic carbocycles. The van der Waals surface area contributed by atoms with Crippen LogP contribution in [0.3, 0.4) is 0 Å². The van der Waals surface area contributed by atoms with Crippen molar-refractivity contribution in [2.45, 2.75) is 13.5 Å². The second-order valence-electron chi connectivity index (χ2n) is 2.23. The first-order valence-electron chi connectivity index (χ1n) is 3.65. The third-order valence-corrected chi connectivity index (χ3v) is 1.77. The van der Waals surface area contributed by atoms with E-state index in [0.717, 1.165) is 23.4 Å². The molecule has 0 saturated carbocycles. The fourth-order valence-electron chi connectivity index (χ4n) is 0.802. The maximum Gasteiger partial charge on any atom is 0.106 e. The lowest BCUT2D eigenvalue weighted by atomic mass is 10.3. The highest BCUT2D eigenvalue weighted by Gasteiger charge is 1.92. The van der Waals surface area contributed by atoms with Crippen LogP contribution in [0.15, 0.2) is 22.8 Å². The molecule has 1 aromatic heterocycles. The van der Waals surface area contributed by atoms with E-state index < -0.39 is 0 Å². The molecule has 3 heteroatoms. The number of aromatic nitrogens is 1. The number of hydrogen-bond donors (Lipinski definition) is 1. The van der Waals surface area contributed by atoms with E-state index >= 15 is 0 Å². The van der Waals surface area contributed by atoms with Gasteiger partial charge in [0.25, 0.3) is 0 Å². The smallest absolute Gasteiger partial charge is 0.106 e. The van der Waals surface area contributed by atoms with Gasteiger partial charge in [0.2, 0.25) is 0 Å². The number of hydrogen-bond acceptors (Lipinski definition) is 2. The standard InChI is InChI=1S/C8H11BrN2/c1-2-10-6-7-4-3-5-8(9)11-7/h3-5,10H,2,6H2,1H3. The second-order valence-corrected chi connectivity index (χ2v) is 3.04. The molecule has 0 fully saturated rings. The summed E-state index contributed by atoms with van der Waals surface area (Å²) in [5, 5.41) is 3.21. The fourth-order valence-corrected chi connectivity index (χ4v) is 1.18. The third kappa shape index (κ3) is 2.99. The van der Waals surface area contributed by atoms with E-state index in [1.807, 2.05) is 18.2 Å². The Morgan fingerprint density at radius 3 is 3.00 bits per heavy atom. The molecular weight excluding hydrogens is 204 g/mol. The van der Waals surface area contributed by atoms with Crippen LogP contribution in [0.1, 0.15) is 12.6 Å². The number of rotatable bonds is 3. The summed E-state index contributed by atoms with van der Waals surface area (Å²) in [5.74, 6) is 0. The Morgan fingerprint density at radius 2 is 2.36 bits per heavy atom. The van der Waals surface area contributed by atoms with Crippen LogP contribution in [0.5, 0.6) is 0 Å². The van der Waals surface area contributed by atoms with Crippen molar-refractivity contribution in [1.29, 1.82) is 0 Å². The van der Waals surface area contributed by atoms with Crippen molar-refractivity contribution in [3.8, 4) is 0 Å². The fraction of sp³-hybridized carbons (Fsp3) is 0.375. The van der Waals surface area contributed by atoms with Crippen molar-refractivity contribution < 1.29 is 0 Å². The average Bonchev–Trinajstić information content (AvgIpc) is 2.01. The van der Waals surface area contributed by atoms with Gasteiger partial charge in [0.05, 0.1) is 5.69 Å². The molecular formula is C8H11BrN2. The Balaban J connectivity index is 2.56. The molecule has 0 spiro atoms. The van der Waals surface area contributed by atoms with E-state index in [4.69, 9.17) is 0 Å². The Hall–Kier alpha value is -0.410. The number of nitrogens with zero attached hydrogens (tertiary/aromatic N) is 1. The largest absolute Gasteiger partial charge is 0.311 e. The van der Waals surface area contributed by atoms with Gasteiger partial charge in [-0.05, 0) is 34.6 Å². The Labute approximate surface area is 75.2 Å². The summed E-state index contributed by atoms with van der Waals surface area (Å²) < 4.78 is 0.896. The van der Waals surface area contributed by atoms with Gasteiger partial charge in [-0.3, -0.25) is 0 Å². The molecule has 0 atom stereocenters. The molecule has 2 nitrogen and oxygen atoms in total. The van der Waals surface area contributed by atoms with Crippen LogP contribution in [0.25, 0.3) is 0 Å². The summed E-state index contributed by atoms with van der Waals surface area (Å²) >= 11 is 3.32. The number of pyridine rings is 1. The molecule has 0 bridgehead atoms. The first-order chi connectivity index (χ1) is 5.33. The highest BCUT2D eigenvalue weighted by molar-refractivity contribution is 9.10. The lowest BCUT2D eigenvalue weighted by Crippen LogP contribution is -2.12. The van der Waals surface area contributed by atoms with Gasteiger partial charge in [-0.1, -0.05) is 13.0 Å². The summed E-state index contributed by atoms with van der Waals surface area (Å²) in [7, 11) is 0. The molecule has 1 N–H and O–H groups in total. The summed E-state index contributed by atoms with van der Waals surface area (Å²) in [6.07, 6.45) is 0. The highest BCUT2D eigenvalue weighted by Crippen LogP contribution is 2.05. The molecule has 0 aliphatic rings. The van der Waals surface area contributed by atoms with Crippen molar-refractivity contribution >= 4 is 15.9 Å². The zero-order valence-corrected chi connectivity index (χ0v) is 8.06. The van der Waals surface area contributed by atoms with E-state index in [-0.39, 0.29) is 0 Å². The second kappa shape index (κ2) is 4.46. The van der Waals surface area contributed by atoms with Crippen LogP contribution < -0.4 is 5.32 Å². The SMILES string of the molecule is CCNCc1cccc(Br)n1. The zero-order chi connectivity index (χ0) is 8.10. The predicted octanol–water partition coefficient (Wildman–Crippen LogP) is 1.95. The average molecular weight is 215 g/mol.